The van der Waals surface area contributed by atoms with Gasteiger partial charge in [-0.05, 0) is 36.3 Å². The van der Waals surface area contributed by atoms with Crippen LogP contribution in [0, 0.1) is 6.92 Å². The molecule has 1 unspecified atom stereocenters. The quantitative estimate of drug-likeness (QED) is 0.452. The van der Waals surface area contributed by atoms with Crippen molar-refractivity contribution in [2.75, 3.05) is 0 Å². The number of nitrogens with zero attached hydrogens (tertiary/aromatic N) is 1. The Hall–Kier alpha value is -0.720. The van der Waals surface area contributed by atoms with Gasteiger partial charge < -0.3 is 4.57 Å². The van der Waals surface area contributed by atoms with Crippen molar-refractivity contribution in [2.45, 2.75) is 90.9 Å². The molecule has 0 radical (unpaired) electrons. The van der Waals surface area contributed by atoms with E-state index < -0.39 is 0 Å². The number of aromatic nitrogens is 1. The van der Waals surface area contributed by atoms with Gasteiger partial charge in [0, 0.05) is 19.4 Å². The van der Waals surface area contributed by atoms with Crippen molar-refractivity contribution >= 4 is 0 Å². The maximum absolute atomic E-state index is 2.50. The molecule has 20 heavy (non-hydrogen) atoms. The maximum Gasteiger partial charge on any atom is 0.0106 e. The number of rotatable bonds is 10. The lowest BCUT2D eigenvalue weighted by Crippen LogP contribution is -2.22. The van der Waals surface area contributed by atoms with Crippen molar-refractivity contribution in [1.29, 1.82) is 0 Å². The minimum atomic E-state index is 0.383. The predicted molar refractivity (Wildman–Crippen MR) is 90.4 cm³/mol. The van der Waals surface area contributed by atoms with Crippen LogP contribution in [0.4, 0.5) is 0 Å². The minimum Gasteiger partial charge on any atom is -0.357 e. The predicted octanol–water partition coefficient (Wildman–Crippen LogP) is 6.14. The van der Waals surface area contributed by atoms with Crippen molar-refractivity contribution in [1.82, 2.24) is 4.57 Å². The summed E-state index contributed by atoms with van der Waals surface area (Å²) in [4.78, 5) is 0. The van der Waals surface area contributed by atoms with Crippen LogP contribution in [0.15, 0.2) is 12.4 Å². The SMILES string of the molecule is CCCCCCC(C)(CCCCC)c1cn(C)cc1C. The van der Waals surface area contributed by atoms with Crippen LogP contribution >= 0.6 is 0 Å². The first-order valence-electron chi connectivity index (χ1n) is 8.66. The zero-order chi connectivity index (χ0) is 15.0. The molecule has 0 amide bonds. The first kappa shape index (κ1) is 17.3. The number of hydrogen-bond acceptors (Lipinski definition) is 0. The summed E-state index contributed by atoms with van der Waals surface area (Å²) in [5.74, 6) is 0. The summed E-state index contributed by atoms with van der Waals surface area (Å²) < 4.78 is 2.23. The van der Waals surface area contributed by atoms with Crippen molar-refractivity contribution in [3.63, 3.8) is 0 Å². The first-order valence-corrected chi connectivity index (χ1v) is 8.66. The summed E-state index contributed by atoms with van der Waals surface area (Å²) in [7, 11) is 2.15. The zero-order valence-electron chi connectivity index (χ0n) is 14.5. The molecule has 1 aromatic heterocycles. The highest BCUT2D eigenvalue weighted by molar-refractivity contribution is 5.30. The van der Waals surface area contributed by atoms with Gasteiger partial charge in [-0.3, -0.25) is 0 Å². The van der Waals surface area contributed by atoms with Crippen molar-refractivity contribution in [2.24, 2.45) is 7.05 Å². The molecule has 0 spiro atoms. The van der Waals surface area contributed by atoms with Gasteiger partial charge in [0.15, 0.2) is 0 Å². The fourth-order valence-electron chi connectivity index (χ4n) is 3.45. The topological polar surface area (TPSA) is 4.93 Å². The third-order valence-corrected chi connectivity index (χ3v) is 4.72. The molecule has 0 fully saturated rings. The Balaban J connectivity index is 2.74. The lowest BCUT2D eigenvalue weighted by atomic mass is 9.74. The fraction of sp³-hybridized carbons (Fsp3) is 0.789. The fourth-order valence-corrected chi connectivity index (χ4v) is 3.45. The molecule has 0 bridgehead atoms. The van der Waals surface area contributed by atoms with Crippen molar-refractivity contribution in [3.05, 3.63) is 23.5 Å². The number of aryl methyl sites for hydroxylation is 2. The lowest BCUT2D eigenvalue weighted by Gasteiger charge is -2.30. The van der Waals surface area contributed by atoms with Crippen molar-refractivity contribution in [3.8, 4) is 0 Å². The molecule has 1 aromatic rings. The molecule has 0 aromatic carbocycles. The second-order valence-electron chi connectivity index (χ2n) is 6.85. The Kier molecular flexibility index (Phi) is 7.40. The Labute approximate surface area is 126 Å². The normalized spacial score (nSPS) is 14.4. The summed E-state index contributed by atoms with van der Waals surface area (Å²) in [6, 6.07) is 0. The monoisotopic (exact) mass is 277 g/mol. The molecule has 116 valence electrons. The van der Waals surface area contributed by atoms with Crippen LogP contribution in [-0.2, 0) is 12.5 Å². The highest BCUT2D eigenvalue weighted by atomic mass is 14.9. The molecule has 1 atom stereocenters. The van der Waals surface area contributed by atoms with Crippen LogP contribution < -0.4 is 0 Å². The third-order valence-electron chi connectivity index (χ3n) is 4.72. The van der Waals surface area contributed by atoms with E-state index in [1.54, 1.807) is 5.56 Å². The molecule has 0 aliphatic rings. The summed E-state index contributed by atoms with van der Waals surface area (Å²) >= 11 is 0. The molecule has 1 heteroatoms. The van der Waals surface area contributed by atoms with Gasteiger partial charge in [0.2, 0.25) is 0 Å². The Morgan fingerprint density at radius 1 is 0.900 bits per heavy atom. The van der Waals surface area contributed by atoms with Crippen LogP contribution in [-0.4, -0.2) is 4.57 Å². The van der Waals surface area contributed by atoms with E-state index in [9.17, 15) is 0 Å². The Bertz CT molecular complexity index is 377. The molecule has 1 rings (SSSR count). The van der Waals surface area contributed by atoms with E-state index in [1.807, 2.05) is 0 Å². The molecule has 0 N–H and O–H groups in total. The summed E-state index contributed by atoms with van der Waals surface area (Å²) in [5, 5.41) is 0. The lowest BCUT2D eigenvalue weighted by molar-refractivity contribution is 0.364. The third kappa shape index (κ3) is 5.00. The molecule has 0 saturated carbocycles. The molecule has 1 nitrogen and oxygen atoms in total. The van der Waals surface area contributed by atoms with Gasteiger partial charge in [0.05, 0.1) is 0 Å². The molecular formula is C19H35N. The average Bonchev–Trinajstić information content (AvgIpc) is 2.75. The van der Waals surface area contributed by atoms with E-state index in [0.717, 1.165) is 0 Å². The van der Waals surface area contributed by atoms with E-state index in [-0.39, 0.29) is 0 Å². The van der Waals surface area contributed by atoms with Gasteiger partial charge in [-0.15, -0.1) is 0 Å². The van der Waals surface area contributed by atoms with E-state index in [0.29, 0.717) is 5.41 Å². The maximum atomic E-state index is 2.50. The summed E-state index contributed by atoms with van der Waals surface area (Å²) in [5.41, 5.74) is 3.45. The van der Waals surface area contributed by atoms with Crippen LogP contribution in [0.1, 0.15) is 89.7 Å². The van der Waals surface area contributed by atoms with E-state index >= 15 is 0 Å². The summed E-state index contributed by atoms with van der Waals surface area (Å²) in [6.07, 6.45) is 16.9. The van der Waals surface area contributed by atoms with Gasteiger partial charge in [-0.2, -0.15) is 0 Å². The van der Waals surface area contributed by atoms with Gasteiger partial charge in [0.1, 0.15) is 0 Å². The van der Waals surface area contributed by atoms with Crippen LogP contribution in [0.5, 0.6) is 0 Å². The van der Waals surface area contributed by atoms with Crippen LogP contribution in [0.3, 0.4) is 0 Å². The van der Waals surface area contributed by atoms with E-state index in [1.165, 1.54) is 63.4 Å². The van der Waals surface area contributed by atoms with Crippen molar-refractivity contribution < 1.29 is 0 Å². The minimum absolute atomic E-state index is 0.383. The zero-order valence-corrected chi connectivity index (χ0v) is 14.5. The Morgan fingerprint density at radius 2 is 1.45 bits per heavy atom. The number of unbranched alkanes of at least 4 members (excludes halogenated alkanes) is 5. The van der Waals surface area contributed by atoms with Crippen LogP contribution in [0.2, 0.25) is 0 Å². The highest BCUT2D eigenvalue weighted by Gasteiger charge is 2.28. The Morgan fingerprint density at radius 3 is 1.95 bits per heavy atom. The molecule has 0 aliphatic heterocycles. The number of hydrogen-bond donors (Lipinski definition) is 0. The van der Waals surface area contributed by atoms with Gasteiger partial charge in [-0.25, -0.2) is 0 Å². The van der Waals surface area contributed by atoms with E-state index in [4.69, 9.17) is 0 Å². The molecule has 0 saturated heterocycles. The second kappa shape index (κ2) is 8.54. The highest BCUT2D eigenvalue weighted by Crippen LogP contribution is 2.37. The first-order chi connectivity index (χ1) is 9.53. The molecular weight excluding hydrogens is 242 g/mol. The van der Waals surface area contributed by atoms with Gasteiger partial charge in [0.25, 0.3) is 0 Å². The standard InChI is InChI=1S/C19H35N/c1-6-8-10-12-14-19(4,13-11-9-7-2)18-16-20(5)15-17(18)3/h15-16H,6-14H2,1-5H3. The summed E-state index contributed by atoms with van der Waals surface area (Å²) in [6.45, 7) is 9.37. The van der Waals surface area contributed by atoms with Gasteiger partial charge in [-0.1, -0.05) is 65.7 Å². The average molecular weight is 277 g/mol. The second-order valence-corrected chi connectivity index (χ2v) is 6.85. The molecule has 1 heterocycles. The largest absolute Gasteiger partial charge is 0.357 e. The van der Waals surface area contributed by atoms with Crippen LogP contribution in [0.25, 0.3) is 0 Å². The smallest absolute Gasteiger partial charge is 0.0106 e. The van der Waals surface area contributed by atoms with E-state index in [2.05, 4.69) is 51.7 Å². The van der Waals surface area contributed by atoms with Gasteiger partial charge >= 0.3 is 0 Å². The molecule has 0 aliphatic carbocycles.